The minimum atomic E-state index is -1.39. The zero-order chi connectivity index (χ0) is 20.4. The number of benzene rings is 1. The lowest BCUT2D eigenvalue weighted by molar-refractivity contribution is -0.149. The van der Waals surface area contributed by atoms with Gasteiger partial charge < -0.3 is 25.6 Å². The summed E-state index contributed by atoms with van der Waals surface area (Å²) in [6, 6.07) is 7.85. The Morgan fingerprint density at radius 1 is 1.29 bits per heavy atom. The lowest BCUT2D eigenvalue weighted by Gasteiger charge is -2.36. The standard InChI is InChI=1S/C20H31N3O5/c1-2-3-11-28-20(26)18(21)19(25)22-17(23-9-12-27-13-10-23)14-16(24)15-7-5-4-6-8-15/h4-8,16-18,24H,2-3,9-14,21H2,1H3,(H,22,25). The predicted molar refractivity (Wildman–Crippen MR) is 104 cm³/mol. The molecule has 0 aromatic heterocycles. The molecule has 1 fully saturated rings. The van der Waals surface area contributed by atoms with E-state index in [2.05, 4.69) is 5.32 Å². The molecule has 8 heteroatoms. The summed E-state index contributed by atoms with van der Waals surface area (Å²) < 4.78 is 10.4. The number of esters is 1. The molecule has 1 aromatic rings. The van der Waals surface area contributed by atoms with Crippen molar-refractivity contribution in [2.24, 2.45) is 5.73 Å². The first kappa shape index (κ1) is 22.3. The molecule has 2 rings (SSSR count). The Bertz CT molecular complexity index is 607. The van der Waals surface area contributed by atoms with Crippen LogP contribution in [0.2, 0.25) is 0 Å². The molecular weight excluding hydrogens is 362 g/mol. The number of rotatable bonds is 10. The zero-order valence-corrected chi connectivity index (χ0v) is 16.4. The van der Waals surface area contributed by atoms with Crippen LogP contribution >= 0.6 is 0 Å². The number of nitrogens with zero attached hydrogens (tertiary/aromatic N) is 1. The quantitative estimate of drug-likeness (QED) is 0.302. The third-order valence-corrected chi connectivity index (χ3v) is 4.70. The highest BCUT2D eigenvalue weighted by molar-refractivity contribution is 6.01. The number of aliphatic hydroxyl groups excluding tert-OH is 1. The molecule has 28 heavy (non-hydrogen) atoms. The summed E-state index contributed by atoms with van der Waals surface area (Å²) in [5.74, 6) is -1.35. The van der Waals surface area contributed by atoms with Gasteiger partial charge in [0.05, 0.1) is 32.1 Å². The fourth-order valence-corrected chi connectivity index (χ4v) is 2.98. The van der Waals surface area contributed by atoms with Crippen LogP contribution in [0.3, 0.4) is 0 Å². The summed E-state index contributed by atoms with van der Waals surface area (Å²) in [5.41, 5.74) is 6.53. The van der Waals surface area contributed by atoms with E-state index in [9.17, 15) is 14.7 Å². The van der Waals surface area contributed by atoms with Gasteiger partial charge in [0.25, 0.3) is 0 Å². The number of ether oxygens (including phenoxy) is 2. The van der Waals surface area contributed by atoms with Crippen LogP contribution in [-0.4, -0.2) is 67.0 Å². The highest BCUT2D eigenvalue weighted by atomic mass is 16.5. The molecule has 0 bridgehead atoms. The molecule has 1 aliphatic heterocycles. The summed E-state index contributed by atoms with van der Waals surface area (Å²) in [6.45, 7) is 4.53. The van der Waals surface area contributed by atoms with Crippen LogP contribution in [0.25, 0.3) is 0 Å². The molecule has 1 saturated heterocycles. The minimum absolute atomic E-state index is 0.246. The Balaban J connectivity index is 2.00. The first-order chi connectivity index (χ1) is 13.5. The molecule has 3 atom stereocenters. The van der Waals surface area contributed by atoms with E-state index in [1.165, 1.54) is 0 Å². The first-order valence-corrected chi connectivity index (χ1v) is 9.80. The fourth-order valence-electron chi connectivity index (χ4n) is 2.98. The number of aliphatic hydroxyl groups is 1. The molecule has 8 nitrogen and oxygen atoms in total. The van der Waals surface area contributed by atoms with Gasteiger partial charge in [0.15, 0.2) is 6.04 Å². The lowest BCUT2D eigenvalue weighted by atomic mass is 10.0. The predicted octanol–water partition coefficient (Wildman–Crippen LogP) is 0.555. The second-order valence-corrected chi connectivity index (χ2v) is 6.83. The average Bonchev–Trinajstić information content (AvgIpc) is 2.73. The Hall–Kier alpha value is -2.00. The van der Waals surface area contributed by atoms with Crippen LogP contribution in [-0.2, 0) is 19.1 Å². The maximum absolute atomic E-state index is 12.5. The van der Waals surface area contributed by atoms with Gasteiger partial charge in [0, 0.05) is 19.5 Å². The summed E-state index contributed by atoms with van der Waals surface area (Å²) >= 11 is 0. The zero-order valence-electron chi connectivity index (χ0n) is 16.4. The van der Waals surface area contributed by atoms with Gasteiger partial charge in [-0.3, -0.25) is 9.69 Å². The minimum Gasteiger partial charge on any atom is -0.464 e. The molecule has 0 radical (unpaired) electrons. The molecule has 3 unspecified atom stereocenters. The molecule has 1 aromatic carbocycles. The van der Waals surface area contributed by atoms with Crippen molar-refractivity contribution in [3.63, 3.8) is 0 Å². The number of amides is 1. The van der Waals surface area contributed by atoms with Gasteiger partial charge in [-0.15, -0.1) is 0 Å². The number of unbranched alkanes of at least 4 members (excludes halogenated alkanes) is 1. The Kier molecular flexibility index (Phi) is 9.36. The number of hydrogen-bond donors (Lipinski definition) is 3. The molecule has 0 spiro atoms. The summed E-state index contributed by atoms with van der Waals surface area (Å²) in [4.78, 5) is 26.5. The van der Waals surface area contributed by atoms with Crippen LogP contribution < -0.4 is 11.1 Å². The van der Waals surface area contributed by atoms with Gasteiger partial charge in [0.1, 0.15) is 0 Å². The highest BCUT2D eigenvalue weighted by Crippen LogP contribution is 2.20. The van der Waals surface area contributed by atoms with Gasteiger partial charge in [-0.1, -0.05) is 43.7 Å². The summed E-state index contributed by atoms with van der Waals surface area (Å²) in [7, 11) is 0. The number of carbonyl (C=O) groups is 2. The average molecular weight is 393 g/mol. The summed E-state index contributed by atoms with van der Waals surface area (Å²) in [5, 5.41) is 13.4. The van der Waals surface area contributed by atoms with Gasteiger partial charge in [0.2, 0.25) is 5.91 Å². The Morgan fingerprint density at radius 3 is 2.61 bits per heavy atom. The van der Waals surface area contributed by atoms with E-state index < -0.39 is 30.2 Å². The first-order valence-electron chi connectivity index (χ1n) is 9.80. The molecule has 1 aliphatic rings. The largest absolute Gasteiger partial charge is 0.464 e. The normalized spacial score (nSPS) is 18.1. The second kappa shape index (κ2) is 11.8. The van der Waals surface area contributed by atoms with Gasteiger partial charge in [-0.25, -0.2) is 4.79 Å². The Morgan fingerprint density at radius 2 is 1.96 bits per heavy atom. The van der Waals surface area contributed by atoms with Crippen molar-refractivity contribution in [2.75, 3.05) is 32.9 Å². The van der Waals surface area contributed by atoms with Crippen molar-refractivity contribution in [3.8, 4) is 0 Å². The van der Waals surface area contributed by atoms with Gasteiger partial charge >= 0.3 is 5.97 Å². The molecular formula is C20H31N3O5. The van der Waals surface area contributed by atoms with Gasteiger partial charge in [-0.05, 0) is 12.0 Å². The smallest absolute Gasteiger partial charge is 0.332 e. The van der Waals surface area contributed by atoms with Crippen LogP contribution in [0.15, 0.2) is 30.3 Å². The second-order valence-electron chi connectivity index (χ2n) is 6.83. The van der Waals surface area contributed by atoms with Crippen LogP contribution in [0.4, 0.5) is 0 Å². The third kappa shape index (κ3) is 6.87. The number of hydrogen-bond acceptors (Lipinski definition) is 7. The van der Waals surface area contributed by atoms with Crippen molar-refractivity contribution < 1.29 is 24.2 Å². The number of nitrogens with one attached hydrogen (secondary N) is 1. The molecule has 0 aliphatic carbocycles. The lowest BCUT2D eigenvalue weighted by Crippen LogP contribution is -2.57. The maximum atomic E-state index is 12.5. The number of carbonyl (C=O) groups excluding carboxylic acids is 2. The SMILES string of the molecule is CCCCOC(=O)C(N)C(=O)NC(CC(O)c1ccccc1)N1CCOCC1. The van der Waals surface area contributed by atoms with Gasteiger partial charge in [-0.2, -0.15) is 0 Å². The van der Waals surface area contributed by atoms with Crippen LogP contribution in [0.1, 0.15) is 37.9 Å². The van der Waals surface area contributed by atoms with Crippen molar-refractivity contribution in [2.45, 2.75) is 44.5 Å². The van der Waals surface area contributed by atoms with Crippen molar-refractivity contribution in [1.82, 2.24) is 10.2 Å². The highest BCUT2D eigenvalue weighted by Gasteiger charge is 2.30. The summed E-state index contributed by atoms with van der Waals surface area (Å²) in [6.07, 6.45) is 0.640. The molecule has 1 amide bonds. The van der Waals surface area contributed by atoms with E-state index in [-0.39, 0.29) is 13.0 Å². The fraction of sp³-hybridized carbons (Fsp3) is 0.600. The molecule has 4 N–H and O–H groups in total. The topological polar surface area (TPSA) is 114 Å². The van der Waals surface area contributed by atoms with E-state index in [0.29, 0.717) is 26.3 Å². The van der Waals surface area contributed by atoms with Crippen molar-refractivity contribution in [1.29, 1.82) is 0 Å². The third-order valence-electron chi connectivity index (χ3n) is 4.70. The van der Waals surface area contributed by atoms with E-state index in [1.54, 1.807) is 0 Å². The molecule has 156 valence electrons. The number of nitrogens with two attached hydrogens (primary N) is 1. The maximum Gasteiger partial charge on any atom is 0.332 e. The van der Waals surface area contributed by atoms with E-state index in [0.717, 1.165) is 18.4 Å². The monoisotopic (exact) mass is 393 g/mol. The Labute approximate surface area is 166 Å². The van der Waals surface area contributed by atoms with Crippen molar-refractivity contribution in [3.05, 3.63) is 35.9 Å². The number of morpholine rings is 1. The van der Waals surface area contributed by atoms with Crippen LogP contribution in [0.5, 0.6) is 0 Å². The van der Waals surface area contributed by atoms with Crippen LogP contribution in [0, 0.1) is 0 Å². The molecule has 0 saturated carbocycles. The van der Waals surface area contributed by atoms with E-state index in [4.69, 9.17) is 15.2 Å². The van der Waals surface area contributed by atoms with E-state index in [1.807, 2.05) is 42.2 Å². The van der Waals surface area contributed by atoms with E-state index >= 15 is 0 Å². The van der Waals surface area contributed by atoms with Crippen molar-refractivity contribution >= 4 is 11.9 Å². The molecule has 1 heterocycles.